The van der Waals surface area contributed by atoms with Gasteiger partial charge in [-0.1, -0.05) is 23.9 Å². The average Bonchev–Trinajstić information content (AvgIpc) is 3.30. The van der Waals surface area contributed by atoms with E-state index in [-0.39, 0.29) is 0 Å². The molecule has 29 heavy (non-hydrogen) atoms. The monoisotopic (exact) mass is 432 g/mol. The number of nitriles is 1. The van der Waals surface area contributed by atoms with E-state index in [4.69, 9.17) is 25.1 Å². The summed E-state index contributed by atoms with van der Waals surface area (Å²) in [6.07, 6.45) is 2.65. The van der Waals surface area contributed by atoms with Crippen molar-refractivity contribution in [2.24, 2.45) is 5.92 Å². The Morgan fingerprint density at radius 2 is 2.07 bits per heavy atom. The molecule has 10 heteroatoms. The average molecular weight is 433 g/mol. The lowest BCUT2D eigenvalue weighted by molar-refractivity contribution is -0.159. The number of benzene rings is 1. The first-order chi connectivity index (χ1) is 14.0. The van der Waals surface area contributed by atoms with Gasteiger partial charge in [0.2, 0.25) is 0 Å². The van der Waals surface area contributed by atoms with Crippen molar-refractivity contribution < 1.29 is 19.8 Å². The minimum Gasteiger partial charge on any atom is -0.473 e. The largest absolute Gasteiger partial charge is 0.473 e. The van der Waals surface area contributed by atoms with Crippen LogP contribution in [0, 0.1) is 17.2 Å². The Balaban J connectivity index is 0.000000353. The van der Waals surface area contributed by atoms with Gasteiger partial charge in [0, 0.05) is 24.8 Å². The van der Waals surface area contributed by atoms with Crippen LogP contribution in [0.25, 0.3) is 0 Å². The molecule has 8 nitrogen and oxygen atoms in total. The summed E-state index contributed by atoms with van der Waals surface area (Å²) < 4.78 is 9.18. The number of carboxylic acid groups (broad SMARTS) is 2. The van der Waals surface area contributed by atoms with Crippen LogP contribution in [-0.4, -0.2) is 55.4 Å². The van der Waals surface area contributed by atoms with E-state index >= 15 is 0 Å². The number of fused-ring (bicyclic) bond motifs is 2. The maximum atomic E-state index is 9.10. The summed E-state index contributed by atoms with van der Waals surface area (Å²) in [5.41, 5.74) is 3.10. The number of nitrogens with zero attached hydrogens (tertiary/aromatic N) is 4. The molecule has 2 bridgehead atoms. The molecule has 2 fully saturated rings. The normalized spacial score (nSPS) is 22.2. The van der Waals surface area contributed by atoms with Crippen molar-refractivity contribution in [2.75, 3.05) is 19.6 Å². The van der Waals surface area contributed by atoms with E-state index in [1.54, 1.807) is 11.8 Å². The van der Waals surface area contributed by atoms with Crippen LogP contribution in [0.1, 0.15) is 35.6 Å². The zero-order chi connectivity index (χ0) is 20.8. The van der Waals surface area contributed by atoms with Gasteiger partial charge in [0.1, 0.15) is 5.03 Å². The van der Waals surface area contributed by atoms with Crippen LogP contribution >= 0.6 is 23.5 Å². The number of rotatable bonds is 4. The fourth-order valence-electron chi connectivity index (χ4n) is 3.72. The highest BCUT2D eigenvalue weighted by Gasteiger charge is 2.38. The number of carboxylic acids is 2. The maximum Gasteiger partial charge on any atom is 0.414 e. The molecule has 3 atom stereocenters. The second-order valence-corrected chi connectivity index (χ2v) is 8.43. The summed E-state index contributed by atoms with van der Waals surface area (Å²) in [6.45, 7) is 3.62. The molecule has 2 aliphatic heterocycles. The van der Waals surface area contributed by atoms with Gasteiger partial charge in [-0.25, -0.2) is 9.59 Å². The first-order valence-corrected chi connectivity index (χ1v) is 10.8. The Bertz CT molecular complexity index is 915. The van der Waals surface area contributed by atoms with Gasteiger partial charge >= 0.3 is 11.9 Å². The SMILES string of the molecule is N#Cc1cccc(CSc2nsnc2C2CN3CCCC2C3)c1.O=C(O)C(=O)O. The fraction of sp³-hybridized carbons (Fsp3) is 0.421. The minimum atomic E-state index is -1.82. The van der Waals surface area contributed by atoms with Crippen molar-refractivity contribution >= 4 is 35.4 Å². The minimum absolute atomic E-state index is 0.559. The second kappa shape index (κ2) is 9.82. The van der Waals surface area contributed by atoms with Crippen molar-refractivity contribution in [1.29, 1.82) is 5.26 Å². The van der Waals surface area contributed by atoms with Gasteiger partial charge < -0.3 is 15.1 Å². The van der Waals surface area contributed by atoms with Crippen LogP contribution in [-0.2, 0) is 15.3 Å². The van der Waals surface area contributed by atoms with E-state index in [2.05, 4.69) is 25.8 Å². The van der Waals surface area contributed by atoms with E-state index < -0.39 is 11.9 Å². The van der Waals surface area contributed by atoms with Gasteiger partial charge in [-0.2, -0.15) is 14.0 Å². The predicted molar refractivity (Wildman–Crippen MR) is 108 cm³/mol. The third-order valence-corrected chi connectivity index (χ3v) is 6.72. The Hall–Kier alpha value is -2.48. The Morgan fingerprint density at radius 1 is 1.28 bits per heavy atom. The summed E-state index contributed by atoms with van der Waals surface area (Å²) in [5, 5.41) is 24.9. The Morgan fingerprint density at radius 3 is 2.76 bits per heavy atom. The van der Waals surface area contributed by atoms with Gasteiger partial charge in [0.05, 0.1) is 29.1 Å². The van der Waals surface area contributed by atoms with Crippen molar-refractivity contribution in [1.82, 2.24) is 13.6 Å². The lowest BCUT2D eigenvalue weighted by atomic mass is 9.89. The third kappa shape index (κ3) is 5.53. The summed E-state index contributed by atoms with van der Waals surface area (Å²) in [5.74, 6) is -1.49. The third-order valence-electron chi connectivity index (χ3n) is 5.01. The molecule has 0 spiro atoms. The van der Waals surface area contributed by atoms with E-state index in [1.807, 2.05) is 18.2 Å². The van der Waals surface area contributed by atoms with Crippen molar-refractivity contribution in [3.05, 3.63) is 41.1 Å². The molecule has 3 unspecified atom stereocenters. The summed E-state index contributed by atoms with van der Waals surface area (Å²) in [7, 11) is 0. The molecule has 0 saturated carbocycles. The van der Waals surface area contributed by atoms with Crippen molar-refractivity contribution in [3.63, 3.8) is 0 Å². The molecule has 2 N–H and O–H groups in total. The molecule has 152 valence electrons. The number of carbonyl (C=O) groups is 2. The zero-order valence-electron chi connectivity index (χ0n) is 15.5. The van der Waals surface area contributed by atoms with Crippen molar-refractivity contribution in [3.8, 4) is 6.07 Å². The van der Waals surface area contributed by atoms with Crippen LogP contribution in [0.5, 0.6) is 0 Å². The van der Waals surface area contributed by atoms with Crippen molar-refractivity contribution in [2.45, 2.75) is 29.5 Å². The standard InChI is InChI=1S/C17H18N4S2.C2H2O4/c18-8-12-3-1-4-13(7-12)11-22-17-16(19-23-20-17)15-10-21-6-2-5-14(15)9-21;3-1(4)2(5)6/h1,3-4,7,14-15H,2,5-6,9-11H2;(H,3,4)(H,5,6). The lowest BCUT2D eigenvalue weighted by Crippen LogP contribution is -2.25. The first-order valence-electron chi connectivity index (χ1n) is 9.10. The molecule has 1 aromatic carbocycles. The molecule has 2 aromatic rings. The highest BCUT2D eigenvalue weighted by atomic mass is 32.2. The molecule has 2 saturated heterocycles. The molecule has 2 aliphatic rings. The lowest BCUT2D eigenvalue weighted by Gasteiger charge is -2.21. The number of thioether (sulfide) groups is 1. The second-order valence-electron chi connectivity index (χ2n) is 6.93. The zero-order valence-corrected chi connectivity index (χ0v) is 17.2. The van der Waals surface area contributed by atoms with Crippen LogP contribution in [0.2, 0.25) is 0 Å². The topological polar surface area (TPSA) is 127 Å². The smallest absolute Gasteiger partial charge is 0.414 e. The van der Waals surface area contributed by atoms with E-state index in [0.29, 0.717) is 5.92 Å². The van der Waals surface area contributed by atoms with E-state index in [1.165, 1.54) is 48.9 Å². The molecule has 0 amide bonds. The number of aliphatic carboxylic acids is 2. The summed E-state index contributed by atoms with van der Waals surface area (Å²) in [4.78, 5) is 20.8. The molecule has 0 aliphatic carbocycles. The molecular weight excluding hydrogens is 412 g/mol. The first kappa shape index (κ1) is 21.2. The van der Waals surface area contributed by atoms with Crippen LogP contribution < -0.4 is 0 Å². The van der Waals surface area contributed by atoms with Gasteiger partial charge in [-0.15, -0.1) is 0 Å². The summed E-state index contributed by atoms with van der Waals surface area (Å²) >= 11 is 3.09. The predicted octanol–water partition coefficient (Wildman–Crippen LogP) is 2.67. The highest BCUT2D eigenvalue weighted by Crippen LogP contribution is 2.41. The maximum absolute atomic E-state index is 9.10. The van der Waals surface area contributed by atoms with Crippen LogP contribution in [0.3, 0.4) is 0 Å². The quantitative estimate of drug-likeness (QED) is 0.553. The molecule has 0 radical (unpaired) electrons. The van der Waals surface area contributed by atoms with Gasteiger partial charge in [-0.3, -0.25) is 0 Å². The summed E-state index contributed by atoms with van der Waals surface area (Å²) in [6, 6.07) is 10.0. The Labute approximate surface area is 176 Å². The van der Waals surface area contributed by atoms with E-state index in [9.17, 15) is 0 Å². The number of aromatic nitrogens is 2. The molecule has 1 aromatic heterocycles. The van der Waals surface area contributed by atoms with Gasteiger partial charge in [0.15, 0.2) is 0 Å². The van der Waals surface area contributed by atoms with Crippen LogP contribution in [0.15, 0.2) is 29.3 Å². The van der Waals surface area contributed by atoms with Gasteiger partial charge in [0.25, 0.3) is 0 Å². The van der Waals surface area contributed by atoms with Gasteiger partial charge in [-0.05, 0) is 43.0 Å². The number of hydrogen-bond acceptors (Lipinski definition) is 8. The van der Waals surface area contributed by atoms with E-state index in [0.717, 1.165) is 28.8 Å². The molecule has 3 heterocycles. The molecule has 4 rings (SSSR count). The number of piperidine rings is 1. The van der Waals surface area contributed by atoms with Crippen LogP contribution in [0.4, 0.5) is 0 Å². The number of hydrogen-bond donors (Lipinski definition) is 2. The molecular formula is C19H20N4O4S2. The fourth-order valence-corrected chi connectivity index (χ4v) is 5.43. The Kier molecular flexibility index (Phi) is 7.19. The highest BCUT2D eigenvalue weighted by molar-refractivity contribution is 7.98.